The van der Waals surface area contributed by atoms with Gasteiger partial charge in [-0.15, -0.1) is 0 Å². The zero-order valence-corrected chi connectivity index (χ0v) is 19.0. The van der Waals surface area contributed by atoms with Crippen molar-refractivity contribution >= 4 is 51.8 Å². The van der Waals surface area contributed by atoms with Crippen LogP contribution in [0.25, 0.3) is 5.69 Å². The number of carbonyl (C=O) groups is 2. The molecule has 1 aromatic heterocycles. The number of aromatic amines is 1. The van der Waals surface area contributed by atoms with E-state index in [1.165, 1.54) is 42.5 Å². The lowest BCUT2D eigenvalue weighted by atomic mass is 9.91. The predicted molar refractivity (Wildman–Crippen MR) is 121 cm³/mol. The third-order valence-electron chi connectivity index (χ3n) is 4.99. The van der Waals surface area contributed by atoms with Crippen molar-refractivity contribution in [2.75, 3.05) is 5.32 Å². The minimum atomic E-state index is -5.44. The Morgan fingerprint density at radius 1 is 1.06 bits per heavy atom. The summed E-state index contributed by atoms with van der Waals surface area (Å²) >= 11 is 7.58. The van der Waals surface area contributed by atoms with Crippen LogP contribution >= 0.6 is 34.2 Å². The highest BCUT2D eigenvalue weighted by Gasteiger charge is 2.68. The minimum absolute atomic E-state index is 0.0270. The Kier molecular flexibility index (Phi) is 5.60. The molecule has 0 bridgehead atoms. The quantitative estimate of drug-likeness (QED) is 0.407. The van der Waals surface area contributed by atoms with Crippen LogP contribution in [0.2, 0.25) is 5.02 Å². The van der Waals surface area contributed by atoms with Crippen LogP contribution in [0.3, 0.4) is 0 Å². The van der Waals surface area contributed by atoms with Gasteiger partial charge in [-0.05, 0) is 59.0 Å². The van der Waals surface area contributed by atoms with E-state index >= 15 is 0 Å². The average molecular weight is 591 g/mol. The number of nitrogens with zero attached hydrogens (tertiary/aromatic N) is 1. The van der Waals surface area contributed by atoms with E-state index in [1.807, 2.05) is 5.32 Å². The predicted octanol–water partition coefficient (Wildman–Crippen LogP) is 2.92. The van der Waals surface area contributed by atoms with Crippen LogP contribution in [0.4, 0.5) is 19.0 Å². The van der Waals surface area contributed by atoms with Crippen molar-refractivity contribution in [2.24, 2.45) is 0 Å². The molecule has 33 heavy (non-hydrogen) atoms. The third kappa shape index (κ3) is 3.62. The minimum Gasteiger partial charge on any atom is -0.326 e. The van der Waals surface area contributed by atoms with Gasteiger partial charge in [0, 0.05) is 8.59 Å². The molecule has 170 valence electrons. The van der Waals surface area contributed by atoms with Crippen molar-refractivity contribution in [2.45, 2.75) is 11.7 Å². The molecule has 1 aliphatic rings. The van der Waals surface area contributed by atoms with Crippen molar-refractivity contribution in [1.82, 2.24) is 14.9 Å². The standard InChI is InChI=1S/C20H11ClF3IN4O4/c21-9-5-7-10(8-6-9)29-14-13(16(31)27-18(29)33)19(17(32)26-14,20(22,23)24)28-15(30)11-3-1-2-4-12(11)25/h1-8H,(H,26,32)(H,28,30)(H,27,31,33). The lowest BCUT2D eigenvalue weighted by molar-refractivity contribution is -0.196. The first kappa shape index (κ1) is 23.0. The molecule has 8 nitrogen and oxygen atoms in total. The highest BCUT2D eigenvalue weighted by Crippen LogP contribution is 2.45. The number of halogens is 5. The summed E-state index contributed by atoms with van der Waals surface area (Å²) in [4.78, 5) is 52.5. The van der Waals surface area contributed by atoms with Crippen LogP contribution in [0.1, 0.15) is 15.9 Å². The SMILES string of the molecule is O=C(NC1(C(F)(F)F)C(=O)Nc2c1c(=O)[nH]c(=O)n2-c1ccc(Cl)cc1)c1ccccc1I. The summed E-state index contributed by atoms with van der Waals surface area (Å²) in [5, 5.41) is 3.95. The molecule has 0 saturated heterocycles. The molecule has 4 rings (SSSR count). The van der Waals surface area contributed by atoms with Crippen LogP contribution < -0.4 is 21.9 Å². The summed E-state index contributed by atoms with van der Waals surface area (Å²) < 4.78 is 44.4. The molecule has 1 aliphatic heterocycles. The topological polar surface area (TPSA) is 113 Å². The smallest absolute Gasteiger partial charge is 0.326 e. The van der Waals surface area contributed by atoms with Gasteiger partial charge in [0.25, 0.3) is 22.9 Å². The second-order valence-electron chi connectivity index (χ2n) is 6.93. The number of fused-ring (bicyclic) bond motifs is 1. The van der Waals surface area contributed by atoms with Crippen LogP contribution in [-0.4, -0.2) is 27.5 Å². The Morgan fingerprint density at radius 2 is 1.70 bits per heavy atom. The van der Waals surface area contributed by atoms with Crippen LogP contribution in [0.15, 0.2) is 58.1 Å². The van der Waals surface area contributed by atoms with Gasteiger partial charge in [-0.1, -0.05) is 23.7 Å². The van der Waals surface area contributed by atoms with E-state index in [0.29, 0.717) is 8.14 Å². The largest absolute Gasteiger partial charge is 0.425 e. The van der Waals surface area contributed by atoms with E-state index in [9.17, 15) is 32.3 Å². The van der Waals surface area contributed by atoms with Gasteiger partial charge in [0.2, 0.25) is 0 Å². The van der Waals surface area contributed by atoms with Crippen molar-refractivity contribution in [3.8, 4) is 5.69 Å². The van der Waals surface area contributed by atoms with Crippen LogP contribution in [0.5, 0.6) is 0 Å². The number of alkyl halides is 3. The van der Waals surface area contributed by atoms with E-state index in [0.717, 1.165) is 0 Å². The molecule has 13 heteroatoms. The van der Waals surface area contributed by atoms with E-state index in [2.05, 4.69) is 0 Å². The van der Waals surface area contributed by atoms with Gasteiger partial charge in [-0.25, -0.2) is 9.36 Å². The number of carbonyl (C=O) groups excluding carboxylic acids is 2. The number of anilines is 1. The van der Waals surface area contributed by atoms with E-state index in [1.54, 1.807) is 39.0 Å². The molecule has 1 atom stereocenters. The molecule has 0 fully saturated rings. The van der Waals surface area contributed by atoms with Gasteiger partial charge < -0.3 is 10.6 Å². The molecule has 2 amide bonds. The monoisotopic (exact) mass is 590 g/mol. The summed E-state index contributed by atoms with van der Waals surface area (Å²) in [6.07, 6.45) is -5.44. The highest BCUT2D eigenvalue weighted by atomic mass is 127. The lowest BCUT2D eigenvalue weighted by Gasteiger charge is -2.30. The average Bonchev–Trinajstić information content (AvgIpc) is 3.02. The van der Waals surface area contributed by atoms with Crippen molar-refractivity contribution < 1.29 is 22.8 Å². The molecule has 3 aromatic rings. The van der Waals surface area contributed by atoms with Crippen molar-refractivity contribution in [3.63, 3.8) is 0 Å². The van der Waals surface area contributed by atoms with E-state index < -0.39 is 46.2 Å². The number of hydrogen-bond acceptors (Lipinski definition) is 4. The molecule has 2 heterocycles. The molecular weight excluding hydrogens is 580 g/mol. The number of amides is 2. The van der Waals surface area contributed by atoms with E-state index in [4.69, 9.17) is 11.6 Å². The van der Waals surface area contributed by atoms with Gasteiger partial charge in [0.05, 0.1) is 11.3 Å². The molecule has 0 spiro atoms. The maximum Gasteiger partial charge on any atom is 0.425 e. The molecular formula is C20H11ClF3IN4O4. The lowest BCUT2D eigenvalue weighted by Crippen LogP contribution is -2.62. The fourth-order valence-electron chi connectivity index (χ4n) is 3.50. The number of hydrogen-bond donors (Lipinski definition) is 3. The summed E-state index contributed by atoms with van der Waals surface area (Å²) in [5.74, 6) is -3.68. The number of rotatable bonds is 3. The summed E-state index contributed by atoms with van der Waals surface area (Å²) in [6, 6.07) is 11.1. The molecule has 1 unspecified atom stereocenters. The second-order valence-corrected chi connectivity index (χ2v) is 8.53. The Labute approximate surface area is 200 Å². The number of nitrogens with one attached hydrogen (secondary N) is 3. The van der Waals surface area contributed by atoms with Gasteiger partial charge in [0.1, 0.15) is 11.4 Å². The third-order valence-corrected chi connectivity index (χ3v) is 6.18. The number of benzene rings is 2. The zero-order chi connectivity index (χ0) is 24.1. The summed E-state index contributed by atoms with van der Waals surface area (Å²) in [5.41, 5.74) is -7.58. The molecule has 0 aliphatic carbocycles. The zero-order valence-electron chi connectivity index (χ0n) is 16.1. The first-order valence-corrected chi connectivity index (χ1v) is 10.5. The highest BCUT2D eigenvalue weighted by molar-refractivity contribution is 14.1. The number of H-pyrrole nitrogens is 1. The fourth-order valence-corrected chi connectivity index (χ4v) is 4.26. The van der Waals surface area contributed by atoms with Crippen molar-refractivity contribution in [3.05, 3.63) is 89.1 Å². The van der Waals surface area contributed by atoms with Gasteiger partial charge in [0.15, 0.2) is 0 Å². The first-order chi connectivity index (χ1) is 15.5. The Bertz CT molecular complexity index is 1420. The fraction of sp³-hybridized carbons (Fsp3) is 0.100. The van der Waals surface area contributed by atoms with Gasteiger partial charge in [-0.2, -0.15) is 13.2 Å². The van der Waals surface area contributed by atoms with E-state index in [-0.39, 0.29) is 16.3 Å². The summed E-state index contributed by atoms with van der Waals surface area (Å²) in [6.45, 7) is 0. The van der Waals surface area contributed by atoms with Gasteiger partial charge >= 0.3 is 11.9 Å². The normalized spacial score (nSPS) is 17.4. The Hall–Kier alpha value is -3.13. The molecule has 3 N–H and O–H groups in total. The molecule has 0 radical (unpaired) electrons. The Balaban J connectivity index is 1.98. The number of aromatic nitrogens is 2. The van der Waals surface area contributed by atoms with Crippen molar-refractivity contribution in [1.29, 1.82) is 0 Å². The first-order valence-electron chi connectivity index (χ1n) is 9.08. The van der Waals surface area contributed by atoms with Crippen LogP contribution in [0, 0.1) is 3.57 Å². The summed E-state index contributed by atoms with van der Waals surface area (Å²) in [7, 11) is 0. The molecule has 2 aromatic carbocycles. The Morgan fingerprint density at radius 3 is 2.30 bits per heavy atom. The molecule has 0 saturated carbocycles. The van der Waals surface area contributed by atoms with Gasteiger partial charge in [-0.3, -0.25) is 19.4 Å². The maximum absolute atomic E-state index is 14.5. The maximum atomic E-state index is 14.5. The second kappa shape index (κ2) is 8.02. The van der Waals surface area contributed by atoms with Crippen LogP contribution in [-0.2, 0) is 10.3 Å².